The lowest BCUT2D eigenvalue weighted by molar-refractivity contribution is -0.136. The Labute approximate surface area is 90.5 Å². The SMILES string of the molecule is CCc1cc2nc(CC(=O)O)cc(=O)n2[nH]1. The maximum absolute atomic E-state index is 11.6. The van der Waals surface area contributed by atoms with Crippen LogP contribution >= 0.6 is 0 Å². The molecule has 0 amide bonds. The minimum atomic E-state index is -0.998. The molecule has 0 aliphatic carbocycles. The number of carboxylic acids is 1. The van der Waals surface area contributed by atoms with E-state index in [9.17, 15) is 9.59 Å². The van der Waals surface area contributed by atoms with E-state index in [2.05, 4.69) is 10.1 Å². The summed E-state index contributed by atoms with van der Waals surface area (Å²) in [6.07, 6.45) is 0.523. The first-order chi connectivity index (χ1) is 7.60. The molecular weight excluding hydrogens is 210 g/mol. The number of carboxylic acid groups (broad SMARTS) is 1. The number of aryl methyl sites for hydroxylation is 1. The number of aromatic amines is 1. The first kappa shape index (κ1) is 10.4. The third-order valence-corrected chi connectivity index (χ3v) is 2.27. The molecule has 2 N–H and O–H groups in total. The summed E-state index contributed by atoms with van der Waals surface area (Å²) in [5.41, 5.74) is 1.33. The summed E-state index contributed by atoms with van der Waals surface area (Å²) in [5, 5.41) is 11.5. The third-order valence-electron chi connectivity index (χ3n) is 2.27. The van der Waals surface area contributed by atoms with Crippen molar-refractivity contribution in [2.45, 2.75) is 19.8 Å². The lowest BCUT2D eigenvalue weighted by Gasteiger charge is -1.96. The number of aromatic nitrogens is 3. The van der Waals surface area contributed by atoms with Crippen LogP contribution < -0.4 is 5.56 Å². The highest BCUT2D eigenvalue weighted by molar-refractivity contribution is 5.69. The molecule has 0 saturated heterocycles. The molecule has 0 aliphatic heterocycles. The second-order valence-electron chi connectivity index (χ2n) is 3.48. The maximum Gasteiger partial charge on any atom is 0.309 e. The number of nitrogens with one attached hydrogen (secondary N) is 1. The molecule has 0 atom stereocenters. The van der Waals surface area contributed by atoms with E-state index in [1.807, 2.05) is 6.92 Å². The minimum absolute atomic E-state index is 0.238. The van der Waals surface area contributed by atoms with Crippen LogP contribution in [0.3, 0.4) is 0 Å². The zero-order valence-corrected chi connectivity index (χ0v) is 8.73. The summed E-state index contributed by atoms with van der Waals surface area (Å²) < 4.78 is 1.31. The summed E-state index contributed by atoms with van der Waals surface area (Å²) in [6.45, 7) is 1.95. The number of fused-ring (bicyclic) bond motifs is 1. The lowest BCUT2D eigenvalue weighted by atomic mass is 10.3. The highest BCUT2D eigenvalue weighted by Crippen LogP contribution is 2.03. The van der Waals surface area contributed by atoms with E-state index in [0.29, 0.717) is 5.65 Å². The van der Waals surface area contributed by atoms with E-state index < -0.39 is 5.97 Å². The molecule has 2 rings (SSSR count). The topological polar surface area (TPSA) is 87.5 Å². The minimum Gasteiger partial charge on any atom is -0.481 e. The molecule has 6 heteroatoms. The monoisotopic (exact) mass is 221 g/mol. The fourth-order valence-electron chi connectivity index (χ4n) is 1.52. The van der Waals surface area contributed by atoms with Gasteiger partial charge in [-0.05, 0) is 6.42 Å². The Bertz CT molecular complexity index is 597. The van der Waals surface area contributed by atoms with Crippen molar-refractivity contribution in [3.63, 3.8) is 0 Å². The van der Waals surface area contributed by atoms with Crippen molar-refractivity contribution in [3.05, 3.63) is 33.9 Å². The van der Waals surface area contributed by atoms with Crippen molar-refractivity contribution in [1.82, 2.24) is 14.6 Å². The van der Waals surface area contributed by atoms with Gasteiger partial charge in [-0.2, -0.15) is 0 Å². The molecule has 0 bridgehead atoms. The van der Waals surface area contributed by atoms with E-state index >= 15 is 0 Å². The normalized spacial score (nSPS) is 10.8. The van der Waals surface area contributed by atoms with Gasteiger partial charge in [-0.1, -0.05) is 6.92 Å². The van der Waals surface area contributed by atoms with E-state index in [-0.39, 0.29) is 17.7 Å². The standard InChI is InChI=1S/C10H11N3O3/c1-2-6-3-8-11-7(5-10(15)16)4-9(14)13(8)12-6/h3-4,12H,2,5H2,1H3,(H,15,16). The highest BCUT2D eigenvalue weighted by Gasteiger charge is 2.08. The fraction of sp³-hybridized carbons (Fsp3) is 0.300. The molecule has 16 heavy (non-hydrogen) atoms. The fourth-order valence-corrected chi connectivity index (χ4v) is 1.52. The molecule has 2 aromatic rings. The molecule has 6 nitrogen and oxygen atoms in total. The van der Waals surface area contributed by atoms with Crippen LogP contribution in [0.5, 0.6) is 0 Å². The van der Waals surface area contributed by atoms with Crippen LogP contribution in [-0.2, 0) is 17.6 Å². The van der Waals surface area contributed by atoms with Crippen LogP contribution in [-0.4, -0.2) is 25.7 Å². The number of rotatable bonds is 3. The second kappa shape index (κ2) is 3.80. The van der Waals surface area contributed by atoms with Gasteiger partial charge in [-0.25, -0.2) is 9.50 Å². The summed E-state index contributed by atoms with van der Waals surface area (Å²) in [6, 6.07) is 2.98. The Morgan fingerprint density at radius 3 is 2.94 bits per heavy atom. The van der Waals surface area contributed by atoms with E-state index in [0.717, 1.165) is 12.1 Å². The molecule has 0 saturated carbocycles. The van der Waals surface area contributed by atoms with Gasteiger partial charge in [0.1, 0.15) is 0 Å². The van der Waals surface area contributed by atoms with Crippen LogP contribution in [0.2, 0.25) is 0 Å². The first-order valence-electron chi connectivity index (χ1n) is 4.92. The number of aliphatic carboxylic acids is 1. The predicted molar refractivity (Wildman–Crippen MR) is 56.5 cm³/mol. The van der Waals surface area contributed by atoms with E-state index in [4.69, 9.17) is 5.11 Å². The Morgan fingerprint density at radius 1 is 1.56 bits per heavy atom. The van der Waals surface area contributed by atoms with Gasteiger partial charge >= 0.3 is 5.97 Å². The van der Waals surface area contributed by atoms with Gasteiger partial charge in [0.25, 0.3) is 5.56 Å². The van der Waals surface area contributed by atoms with Crippen LogP contribution in [0.4, 0.5) is 0 Å². The highest BCUT2D eigenvalue weighted by atomic mass is 16.4. The van der Waals surface area contributed by atoms with Gasteiger partial charge in [0.05, 0.1) is 12.1 Å². The lowest BCUT2D eigenvalue weighted by Crippen LogP contribution is -2.17. The van der Waals surface area contributed by atoms with E-state index in [1.165, 1.54) is 10.6 Å². The first-order valence-corrected chi connectivity index (χ1v) is 4.92. The molecule has 84 valence electrons. The zero-order chi connectivity index (χ0) is 11.7. The van der Waals surface area contributed by atoms with Gasteiger partial charge < -0.3 is 5.11 Å². The molecule has 2 heterocycles. The molecule has 2 aromatic heterocycles. The van der Waals surface area contributed by atoms with Crippen molar-refractivity contribution in [2.75, 3.05) is 0 Å². The Morgan fingerprint density at radius 2 is 2.31 bits per heavy atom. The van der Waals surface area contributed by atoms with Gasteiger partial charge in [0.15, 0.2) is 5.65 Å². The number of nitrogens with zero attached hydrogens (tertiary/aromatic N) is 2. The van der Waals surface area contributed by atoms with Crippen LogP contribution in [0, 0.1) is 0 Å². The van der Waals surface area contributed by atoms with Crippen molar-refractivity contribution in [2.24, 2.45) is 0 Å². The largest absolute Gasteiger partial charge is 0.481 e. The Hall–Kier alpha value is -2.11. The predicted octanol–water partition coefficient (Wildman–Crippen LogP) is 0.212. The number of hydrogen-bond acceptors (Lipinski definition) is 3. The van der Waals surface area contributed by atoms with E-state index in [1.54, 1.807) is 6.07 Å². The Kier molecular flexibility index (Phi) is 2.47. The molecule has 0 radical (unpaired) electrons. The van der Waals surface area contributed by atoms with Crippen molar-refractivity contribution in [3.8, 4) is 0 Å². The van der Waals surface area contributed by atoms with Crippen molar-refractivity contribution >= 4 is 11.6 Å². The summed E-state index contributed by atoms with van der Waals surface area (Å²) >= 11 is 0. The van der Waals surface area contributed by atoms with Crippen LogP contribution in [0.15, 0.2) is 16.9 Å². The maximum atomic E-state index is 11.6. The van der Waals surface area contributed by atoms with Gasteiger partial charge in [0.2, 0.25) is 0 Å². The molecule has 0 aliphatic rings. The van der Waals surface area contributed by atoms with Crippen LogP contribution in [0.25, 0.3) is 5.65 Å². The van der Waals surface area contributed by atoms with Gasteiger partial charge in [-0.15, -0.1) is 0 Å². The van der Waals surface area contributed by atoms with Gasteiger partial charge in [-0.3, -0.25) is 14.7 Å². The molecule has 0 fully saturated rings. The quantitative estimate of drug-likeness (QED) is 0.775. The van der Waals surface area contributed by atoms with Crippen LogP contribution in [0.1, 0.15) is 18.3 Å². The second-order valence-corrected chi connectivity index (χ2v) is 3.48. The van der Waals surface area contributed by atoms with Crippen molar-refractivity contribution < 1.29 is 9.90 Å². The number of hydrogen-bond donors (Lipinski definition) is 2. The summed E-state index contributed by atoms with van der Waals surface area (Å²) in [7, 11) is 0. The average Bonchev–Trinajstić information content (AvgIpc) is 2.60. The third kappa shape index (κ3) is 1.81. The smallest absolute Gasteiger partial charge is 0.309 e. The molecule has 0 spiro atoms. The number of H-pyrrole nitrogens is 1. The average molecular weight is 221 g/mol. The van der Waals surface area contributed by atoms with Crippen molar-refractivity contribution in [1.29, 1.82) is 0 Å². The Balaban J connectivity index is 2.57. The molecular formula is C10H11N3O3. The summed E-state index contributed by atoms with van der Waals surface area (Å²) in [4.78, 5) is 26.2. The van der Waals surface area contributed by atoms with Gasteiger partial charge in [0, 0.05) is 17.8 Å². The molecule has 0 aromatic carbocycles. The zero-order valence-electron chi connectivity index (χ0n) is 8.73. The molecule has 0 unspecified atom stereocenters. The summed E-state index contributed by atoms with van der Waals surface area (Å²) in [5.74, 6) is -0.998. The number of carbonyl (C=O) groups is 1.